The van der Waals surface area contributed by atoms with Crippen molar-refractivity contribution >= 4 is 11.6 Å². The molecule has 0 saturated carbocycles. The number of rotatable bonds is 2. The molecular weight excluding hydrogens is 278 g/mol. The fourth-order valence-electron chi connectivity index (χ4n) is 2.95. The predicted molar refractivity (Wildman–Crippen MR) is 83.7 cm³/mol. The Morgan fingerprint density at radius 3 is 2.73 bits per heavy atom. The van der Waals surface area contributed by atoms with Crippen LogP contribution in [0.1, 0.15) is 49.0 Å². The van der Waals surface area contributed by atoms with Crippen molar-refractivity contribution in [3.8, 4) is 0 Å². The summed E-state index contributed by atoms with van der Waals surface area (Å²) in [5, 5.41) is 6.85. The van der Waals surface area contributed by atoms with E-state index in [1.54, 1.807) is 24.5 Å². The molecule has 116 valence electrons. The largest absolute Gasteiger partial charge is 0.360 e. The average molecular weight is 299 g/mol. The van der Waals surface area contributed by atoms with Crippen molar-refractivity contribution in [2.75, 3.05) is 5.32 Å². The molecule has 1 N–H and O–H groups in total. The smallest absolute Gasteiger partial charge is 0.278 e. The molecule has 2 aromatic heterocycles. The van der Waals surface area contributed by atoms with Gasteiger partial charge in [-0.2, -0.15) is 0 Å². The highest BCUT2D eigenvalue weighted by molar-refractivity contribution is 6.03. The molecule has 0 aromatic carbocycles. The van der Waals surface area contributed by atoms with E-state index in [0.29, 0.717) is 17.3 Å². The molecule has 22 heavy (non-hydrogen) atoms. The summed E-state index contributed by atoms with van der Waals surface area (Å²) < 4.78 is 5.38. The third-order valence-electron chi connectivity index (χ3n) is 4.42. The third kappa shape index (κ3) is 2.89. The van der Waals surface area contributed by atoms with Crippen molar-refractivity contribution in [3.05, 3.63) is 41.5 Å². The Balaban J connectivity index is 1.82. The third-order valence-corrected chi connectivity index (χ3v) is 4.42. The zero-order chi connectivity index (χ0) is 15.7. The fraction of sp³-hybridized carbons (Fsp3) is 0.471. The molecule has 0 bridgehead atoms. The highest BCUT2D eigenvalue weighted by Crippen LogP contribution is 2.38. The van der Waals surface area contributed by atoms with E-state index in [0.717, 1.165) is 30.6 Å². The maximum absolute atomic E-state index is 12.4. The second-order valence-corrected chi connectivity index (χ2v) is 6.93. The Morgan fingerprint density at radius 2 is 2.05 bits per heavy atom. The minimum Gasteiger partial charge on any atom is -0.360 e. The molecule has 0 spiro atoms. The number of amides is 1. The van der Waals surface area contributed by atoms with Crippen molar-refractivity contribution in [2.24, 2.45) is 11.3 Å². The molecule has 1 aliphatic rings. The normalized spacial score (nSPS) is 17.9. The molecule has 3 rings (SSSR count). The highest BCUT2D eigenvalue weighted by atomic mass is 16.5. The average Bonchev–Trinajstić information content (AvgIpc) is 2.90. The summed E-state index contributed by atoms with van der Waals surface area (Å²) in [6, 6.07) is 3.50. The van der Waals surface area contributed by atoms with Crippen LogP contribution in [0.5, 0.6) is 0 Å². The van der Waals surface area contributed by atoms with Crippen LogP contribution in [0.25, 0.3) is 0 Å². The zero-order valence-corrected chi connectivity index (χ0v) is 13.2. The Bertz CT molecular complexity index is 671. The molecule has 0 radical (unpaired) electrons. The van der Waals surface area contributed by atoms with E-state index in [1.165, 1.54) is 0 Å². The minimum atomic E-state index is -0.217. The number of aryl methyl sites for hydroxylation is 1. The first-order valence-electron chi connectivity index (χ1n) is 7.64. The first-order valence-corrected chi connectivity index (χ1v) is 7.64. The van der Waals surface area contributed by atoms with Crippen molar-refractivity contribution in [1.82, 2.24) is 10.1 Å². The highest BCUT2D eigenvalue weighted by Gasteiger charge is 2.34. The summed E-state index contributed by atoms with van der Waals surface area (Å²) >= 11 is 0. The summed E-state index contributed by atoms with van der Waals surface area (Å²) in [4.78, 5) is 16.4. The Kier molecular flexibility index (Phi) is 3.72. The van der Waals surface area contributed by atoms with E-state index >= 15 is 0 Å². The lowest BCUT2D eigenvalue weighted by Gasteiger charge is -2.33. The fourth-order valence-corrected chi connectivity index (χ4v) is 2.95. The van der Waals surface area contributed by atoms with Crippen LogP contribution in [0.2, 0.25) is 0 Å². The topological polar surface area (TPSA) is 68.0 Å². The van der Waals surface area contributed by atoms with Gasteiger partial charge in [-0.15, -0.1) is 0 Å². The van der Waals surface area contributed by atoms with Gasteiger partial charge in [0.1, 0.15) is 5.76 Å². The number of carbonyl (C=O) groups is 1. The van der Waals surface area contributed by atoms with E-state index in [-0.39, 0.29) is 11.3 Å². The second kappa shape index (κ2) is 5.55. The van der Waals surface area contributed by atoms with Crippen molar-refractivity contribution in [2.45, 2.75) is 40.0 Å². The van der Waals surface area contributed by atoms with Gasteiger partial charge in [-0.1, -0.05) is 25.9 Å². The number of hydrogen-bond donors (Lipinski definition) is 1. The van der Waals surface area contributed by atoms with E-state index < -0.39 is 0 Å². The van der Waals surface area contributed by atoms with Gasteiger partial charge in [-0.3, -0.25) is 9.78 Å². The van der Waals surface area contributed by atoms with E-state index in [1.807, 2.05) is 0 Å². The molecule has 0 fully saturated rings. The van der Waals surface area contributed by atoms with Gasteiger partial charge in [0.05, 0.1) is 0 Å². The van der Waals surface area contributed by atoms with Gasteiger partial charge < -0.3 is 9.84 Å². The first-order chi connectivity index (χ1) is 10.4. The molecule has 1 aliphatic carbocycles. The molecule has 5 nitrogen and oxygen atoms in total. The van der Waals surface area contributed by atoms with Gasteiger partial charge >= 0.3 is 0 Å². The van der Waals surface area contributed by atoms with Crippen LogP contribution in [-0.4, -0.2) is 16.0 Å². The number of aromatic nitrogens is 2. The molecule has 0 aliphatic heterocycles. The Morgan fingerprint density at radius 1 is 1.32 bits per heavy atom. The summed E-state index contributed by atoms with van der Waals surface area (Å²) in [6.07, 6.45) is 6.07. The van der Waals surface area contributed by atoms with Crippen LogP contribution in [0.3, 0.4) is 0 Å². The van der Waals surface area contributed by atoms with E-state index in [2.05, 4.69) is 36.2 Å². The molecular formula is C17H21N3O2. The molecule has 2 heterocycles. The van der Waals surface area contributed by atoms with Crippen molar-refractivity contribution in [1.29, 1.82) is 0 Å². The lowest BCUT2D eigenvalue weighted by molar-refractivity contribution is 0.101. The SMILES string of the molecule is CC(C)(C)[C@@H]1CCc2onc(C(=O)Nc3ccncc3)c2C1. The summed E-state index contributed by atoms with van der Waals surface area (Å²) in [6.45, 7) is 6.73. The summed E-state index contributed by atoms with van der Waals surface area (Å²) in [7, 11) is 0. The van der Waals surface area contributed by atoms with Crippen LogP contribution < -0.4 is 5.32 Å². The van der Waals surface area contributed by atoms with Gasteiger partial charge in [0.15, 0.2) is 5.69 Å². The summed E-state index contributed by atoms with van der Waals surface area (Å²) in [5.74, 6) is 1.18. The van der Waals surface area contributed by atoms with Crippen molar-refractivity contribution in [3.63, 3.8) is 0 Å². The molecule has 2 aromatic rings. The maximum Gasteiger partial charge on any atom is 0.278 e. The molecule has 5 heteroatoms. The van der Waals surface area contributed by atoms with Crippen molar-refractivity contribution < 1.29 is 9.32 Å². The standard InChI is InChI=1S/C17H21N3O2/c1-17(2,3)11-4-5-14-13(10-11)15(20-22-14)16(21)19-12-6-8-18-9-7-12/h6-9,11H,4-5,10H2,1-3H3,(H,18,19,21)/t11-/m1/s1. The number of nitrogens with one attached hydrogen (secondary N) is 1. The lowest BCUT2D eigenvalue weighted by Crippen LogP contribution is -2.27. The number of carbonyl (C=O) groups excluding carboxylic acids is 1. The van der Waals surface area contributed by atoms with Gasteiger partial charge in [0.2, 0.25) is 0 Å². The number of pyridine rings is 1. The first kappa shape index (κ1) is 14.8. The quantitative estimate of drug-likeness (QED) is 0.922. The second-order valence-electron chi connectivity index (χ2n) is 6.93. The van der Waals surface area contributed by atoms with Gasteiger partial charge in [-0.25, -0.2) is 0 Å². The molecule has 0 unspecified atom stereocenters. The van der Waals surface area contributed by atoms with Crippen LogP contribution in [0, 0.1) is 11.3 Å². The number of nitrogens with zero attached hydrogens (tertiary/aromatic N) is 2. The van der Waals surface area contributed by atoms with Gasteiger partial charge in [0, 0.05) is 30.1 Å². The zero-order valence-electron chi connectivity index (χ0n) is 13.2. The van der Waals surface area contributed by atoms with Crippen LogP contribution in [0.15, 0.2) is 29.0 Å². The Hall–Kier alpha value is -2.17. The van der Waals surface area contributed by atoms with E-state index in [4.69, 9.17) is 4.52 Å². The molecule has 1 amide bonds. The Labute approximate surface area is 130 Å². The van der Waals surface area contributed by atoms with Gasteiger partial charge in [0.25, 0.3) is 5.91 Å². The lowest BCUT2D eigenvalue weighted by atomic mass is 9.71. The van der Waals surface area contributed by atoms with E-state index in [9.17, 15) is 4.79 Å². The monoisotopic (exact) mass is 299 g/mol. The van der Waals surface area contributed by atoms with Crippen LogP contribution >= 0.6 is 0 Å². The van der Waals surface area contributed by atoms with Crippen LogP contribution in [-0.2, 0) is 12.8 Å². The maximum atomic E-state index is 12.4. The minimum absolute atomic E-state index is 0.216. The predicted octanol–water partition coefficient (Wildman–Crippen LogP) is 3.47. The van der Waals surface area contributed by atoms with Crippen LogP contribution in [0.4, 0.5) is 5.69 Å². The molecule has 1 atom stereocenters. The molecule has 0 saturated heterocycles. The number of fused-ring (bicyclic) bond motifs is 1. The number of anilines is 1. The van der Waals surface area contributed by atoms with Gasteiger partial charge in [-0.05, 0) is 36.3 Å². The summed E-state index contributed by atoms with van der Waals surface area (Å²) in [5.41, 5.74) is 2.31. The number of hydrogen-bond acceptors (Lipinski definition) is 4.